The van der Waals surface area contributed by atoms with Crippen molar-refractivity contribution < 1.29 is 24.2 Å². The highest BCUT2D eigenvalue weighted by atomic mass is 16.5. The first-order chi connectivity index (χ1) is 13.5. The van der Waals surface area contributed by atoms with Crippen molar-refractivity contribution in [2.45, 2.75) is 13.0 Å². The van der Waals surface area contributed by atoms with E-state index in [9.17, 15) is 14.7 Å². The van der Waals surface area contributed by atoms with E-state index >= 15 is 0 Å². The molecule has 2 aromatic rings. The van der Waals surface area contributed by atoms with Gasteiger partial charge in [-0.05, 0) is 48.4 Å². The summed E-state index contributed by atoms with van der Waals surface area (Å²) < 4.78 is 10.3. The largest absolute Gasteiger partial charge is 0.507 e. The van der Waals surface area contributed by atoms with Crippen molar-refractivity contribution in [3.8, 4) is 5.75 Å². The van der Waals surface area contributed by atoms with Gasteiger partial charge in [-0.2, -0.15) is 0 Å². The molecule has 2 heterocycles. The van der Waals surface area contributed by atoms with E-state index in [-0.39, 0.29) is 24.5 Å². The van der Waals surface area contributed by atoms with Crippen LogP contribution in [0.4, 0.5) is 0 Å². The summed E-state index contributed by atoms with van der Waals surface area (Å²) in [6, 6.07) is 7.84. The highest BCUT2D eigenvalue weighted by Crippen LogP contribution is 2.39. The Morgan fingerprint density at radius 2 is 1.89 bits per heavy atom. The van der Waals surface area contributed by atoms with E-state index in [2.05, 4.69) is 4.98 Å². The molecule has 0 spiro atoms. The minimum absolute atomic E-state index is 0.0527. The first-order valence-electron chi connectivity index (χ1n) is 8.81. The van der Waals surface area contributed by atoms with Gasteiger partial charge in [0.25, 0.3) is 11.7 Å². The topological polar surface area (TPSA) is 89.0 Å². The molecule has 0 saturated carbocycles. The van der Waals surface area contributed by atoms with Gasteiger partial charge in [-0.25, -0.2) is 0 Å². The minimum atomic E-state index is -0.719. The van der Waals surface area contributed by atoms with Gasteiger partial charge in [-0.15, -0.1) is 0 Å². The second kappa shape index (κ2) is 8.22. The van der Waals surface area contributed by atoms with Gasteiger partial charge in [-0.1, -0.05) is 0 Å². The van der Waals surface area contributed by atoms with Gasteiger partial charge in [0.15, 0.2) is 0 Å². The van der Waals surface area contributed by atoms with Crippen LogP contribution in [0.25, 0.3) is 5.76 Å². The number of rotatable bonds is 6. The summed E-state index contributed by atoms with van der Waals surface area (Å²) in [5, 5.41) is 11.0. The number of carbonyl (C=O) groups excluding carboxylic acids is 2. The maximum Gasteiger partial charge on any atom is 0.295 e. The van der Waals surface area contributed by atoms with E-state index < -0.39 is 17.7 Å². The number of likely N-dealkylation sites (tertiary alicyclic amines) is 1. The fourth-order valence-electron chi connectivity index (χ4n) is 3.37. The molecule has 1 unspecified atom stereocenters. The quantitative estimate of drug-likeness (QED) is 0.469. The number of aliphatic hydroxyl groups is 1. The van der Waals surface area contributed by atoms with Gasteiger partial charge in [0.2, 0.25) is 0 Å². The molecule has 3 rings (SSSR count). The maximum atomic E-state index is 12.8. The maximum absolute atomic E-state index is 12.8. The first kappa shape index (κ1) is 19.6. The molecule has 1 aromatic heterocycles. The molecule has 0 aliphatic carbocycles. The standard InChI is InChI=1S/C21H22N2O5/c1-13-12-15(4-5-16(13)28-3)19(24)17-18(14-6-8-22-9-7-14)23(10-11-27-2)21(26)20(17)25/h4-9,12,18,24H,10-11H2,1-3H3/b19-17+. The summed E-state index contributed by atoms with van der Waals surface area (Å²) in [5.74, 6) is -0.928. The summed E-state index contributed by atoms with van der Waals surface area (Å²) in [4.78, 5) is 30.9. The summed E-state index contributed by atoms with van der Waals surface area (Å²) >= 11 is 0. The van der Waals surface area contributed by atoms with E-state index in [0.717, 1.165) is 5.56 Å². The van der Waals surface area contributed by atoms with Gasteiger partial charge in [0.05, 0.1) is 25.3 Å². The lowest BCUT2D eigenvalue weighted by Gasteiger charge is -2.24. The van der Waals surface area contributed by atoms with Gasteiger partial charge in [0.1, 0.15) is 11.5 Å². The number of aromatic nitrogens is 1. The zero-order chi connectivity index (χ0) is 20.3. The highest BCUT2D eigenvalue weighted by molar-refractivity contribution is 6.46. The number of aliphatic hydroxyl groups excluding tert-OH is 1. The van der Waals surface area contributed by atoms with Gasteiger partial charge in [0, 0.05) is 31.6 Å². The molecule has 7 heteroatoms. The van der Waals surface area contributed by atoms with Crippen LogP contribution in [0.2, 0.25) is 0 Å². The van der Waals surface area contributed by atoms with Crippen LogP contribution in [0.15, 0.2) is 48.3 Å². The van der Waals surface area contributed by atoms with E-state index in [1.165, 1.54) is 12.0 Å². The lowest BCUT2D eigenvalue weighted by molar-refractivity contribution is -0.140. The number of carbonyl (C=O) groups is 2. The van der Waals surface area contributed by atoms with Crippen molar-refractivity contribution in [2.24, 2.45) is 0 Å². The normalized spacial score (nSPS) is 18.5. The van der Waals surface area contributed by atoms with E-state index in [1.54, 1.807) is 49.8 Å². The van der Waals surface area contributed by atoms with Crippen molar-refractivity contribution in [1.82, 2.24) is 9.88 Å². The molecule has 1 aliphatic heterocycles. The number of pyridine rings is 1. The number of aryl methyl sites for hydroxylation is 1. The third-order valence-electron chi connectivity index (χ3n) is 4.77. The van der Waals surface area contributed by atoms with Crippen LogP contribution in [-0.2, 0) is 14.3 Å². The van der Waals surface area contributed by atoms with Crippen LogP contribution in [0.5, 0.6) is 5.75 Å². The lowest BCUT2D eigenvalue weighted by Crippen LogP contribution is -2.32. The monoisotopic (exact) mass is 382 g/mol. The molecule has 1 atom stereocenters. The fraction of sp³-hybridized carbons (Fsp3) is 0.286. The number of hydrogen-bond acceptors (Lipinski definition) is 6. The van der Waals surface area contributed by atoms with Crippen LogP contribution in [0.3, 0.4) is 0 Å². The van der Waals surface area contributed by atoms with Gasteiger partial charge >= 0.3 is 0 Å². The second-order valence-corrected chi connectivity index (χ2v) is 6.45. The molecule has 1 N–H and O–H groups in total. The zero-order valence-electron chi connectivity index (χ0n) is 16.0. The Morgan fingerprint density at radius 1 is 1.18 bits per heavy atom. The molecule has 7 nitrogen and oxygen atoms in total. The SMILES string of the molecule is COCCN1C(=O)C(=O)/C(=C(/O)c2ccc(OC)c(C)c2)C1c1ccncc1. The van der Waals surface area contributed by atoms with Crippen LogP contribution >= 0.6 is 0 Å². The fourth-order valence-corrected chi connectivity index (χ4v) is 3.37. The summed E-state index contributed by atoms with van der Waals surface area (Å²) in [6.45, 7) is 2.34. The Bertz CT molecular complexity index is 924. The molecule has 28 heavy (non-hydrogen) atoms. The number of hydrogen-bond donors (Lipinski definition) is 1. The predicted octanol–water partition coefficient (Wildman–Crippen LogP) is 2.47. The smallest absolute Gasteiger partial charge is 0.295 e. The van der Waals surface area contributed by atoms with E-state index in [1.807, 2.05) is 6.92 Å². The number of amides is 1. The molecule has 1 aromatic carbocycles. The van der Waals surface area contributed by atoms with Crippen LogP contribution in [0.1, 0.15) is 22.7 Å². The number of benzene rings is 1. The Hall–Kier alpha value is -3.19. The summed E-state index contributed by atoms with van der Waals surface area (Å²) in [5.41, 5.74) is 2.00. The summed E-state index contributed by atoms with van der Waals surface area (Å²) in [7, 11) is 3.09. The Kier molecular flexibility index (Phi) is 5.75. The molecule has 1 fully saturated rings. The van der Waals surface area contributed by atoms with Crippen molar-refractivity contribution in [3.05, 3.63) is 65.0 Å². The van der Waals surface area contributed by atoms with Crippen LogP contribution < -0.4 is 4.74 Å². The zero-order valence-corrected chi connectivity index (χ0v) is 16.0. The number of methoxy groups -OCH3 is 2. The molecule has 146 valence electrons. The number of ketones is 1. The molecule has 1 saturated heterocycles. The van der Waals surface area contributed by atoms with Crippen molar-refractivity contribution >= 4 is 17.4 Å². The molecular formula is C21H22N2O5. The molecule has 0 bridgehead atoms. The van der Waals surface area contributed by atoms with Crippen LogP contribution in [0, 0.1) is 6.92 Å². The molecular weight excluding hydrogens is 360 g/mol. The van der Waals surface area contributed by atoms with Crippen molar-refractivity contribution in [3.63, 3.8) is 0 Å². The molecule has 1 amide bonds. The molecule has 0 radical (unpaired) electrons. The Balaban J connectivity index is 2.15. The Morgan fingerprint density at radius 3 is 2.50 bits per heavy atom. The third kappa shape index (κ3) is 3.48. The van der Waals surface area contributed by atoms with E-state index in [0.29, 0.717) is 16.9 Å². The van der Waals surface area contributed by atoms with Crippen molar-refractivity contribution in [2.75, 3.05) is 27.4 Å². The van der Waals surface area contributed by atoms with Gasteiger partial charge in [-0.3, -0.25) is 14.6 Å². The van der Waals surface area contributed by atoms with Gasteiger partial charge < -0.3 is 19.5 Å². The van der Waals surface area contributed by atoms with Crippen molar-refractivity contribution in [1.29, 1.82) is 0 Å². The first-order valence-corrected chi connectivity index (χ1v) is 8.81. The average molecular weight is 382 g/mol. The number of Topliss-reactive ketones (excluding diaryl/α,β-unsaturated/α-hetero) is 1. The highest BCUT2D eigenvalue weighted by Gasteiger charge is 2.45. The lowest BCUT2D eigenvalue weighted by atomic mass is 9.95. The van der Waals surface area contributed by atoms with Crippen LogP contribution in [-0.4, -0.2) is 54.1 Å². The third-order valence-corrected chi connectivity index (χ3v) is 4.77. The average Bonchev–Trinajstić information content (AvgIpc) is 2.97. The second-order valence-electron chi connectivity index (χ2n) is 6.45. The predicted molar refractivity (Wildman–Crippen MR) is 103 cm³/mol. The Labute approximate surface area is 163 Å². The van der Waals surface area contributed by atoms with E-state index in [4.69, 9.17) is 9.47 Å². The summed E-state index contributed by atoms with van der Waals surface area (Å²) in [6.07, 6.45) is 3.17. The molecule has 1 aliphatic rings. The minimum Gasteiger partial charge on any atom is -0.507 e. The number of ether oxygens (including phenoxy) is 2. The number of nitrogens with zero attached hydrogens (tertiary/aromatic N) is 2.